The average Bonchev–Trinajstić information content (AvgIpc) is 2.77. The summed E-state index contributed by atoms with van der Waals surface area (Å²) in [5, 5.41) is 11.3. The zero-order valence-electron chi connectivity index (χ0n) is 17.6. The van der Waals surface area contributed by atoms with Crippen molar-refractivity contribution in [3.8, 4) is 0 Å². The molecular formula is C25H24N4O3. The summed E-state index contributed by atoms with van der Waals surface area (Å²) in [5.41, 5.74) is 4.70. The molecule has 162 valence electrons. The predicted octanol–water partition coefficient (Wildman–Crippen LogP) is 4.38. The van der Waals surface area contributed by atoms with Crippen molar-refractivity contribution in [2.24, 2.45) is 0 Å². The largest absolute Gasteiger partial charge is 0.351 e. The normalized spacial score (nSPS) is 14.7. The lowest BCUT2D eigenvalue weighted by molar-refractivity contribution is -0.126. The Bertz CT molecular complexity index is 1180. The third kappa shape index (κ3) is 5.13. The van der Waals surface area contributed by atoms with E-state index in [9.17, 15) is 14.4 Å². The van der Waals surface area contributed by atoms with Gasteiger partial charge in [0, 0.05) is 30.0 Å². The fourth-order valence-corrected chi connectivity index (χ4v) is 3.73. The summed E-state index contributed by atoms with van der Waals surface area (Å²) in [6.45, 7) is 2.24. The summed E-state index contributed by atoms with van der Waals surface area (Å²) >= 11 is 0. The van der Waals surface area contributed by atoms with Gasteiger partial charge in [-0.15, -0.1) is 0 Å². The number of rotatable bonds is 5. The molecule has 0 aliphatic carbocycles. The number of nitrogens with one attached hydrogen (secondary N) is 4. The molecular weight excluding hydrogens is 404 g/mol. The molecule has 0 saturated heterocycles. The van der Waals surface area contributed by atoms with Crippen molar-refractivity contribution >= 4 is 34.9 Å². The molecule has 3 aromatic rings. The van der Waals surface area contributed by atoms with Crippen LogP contribution >= 0.6 is 0 Å². The highest BCUT2D eigenvalue weighted by Crippen LogP contribution is 2.32. The predicted molar refractivity (Wildman–Crippen MR) is 125 cm³/mol. The first-order chi connectivity index (χ1) is 15.5. The van der Waals surface area contributed by atoms with Crippen LogP contribution in [-0.4, -0.2) is 17.8 Å². The molecule has 1 heterocycles. The second-order valence-corrected chi connectivity index (χ2v) is 7.76. The van der Waals surface area contributed by atoms with Gasteiger partial charge in [-0.25, -0.2) is 4.79 Å². The Labute approximate surface area is 186 Å². The van der Waals surface area contributed by atoms with Crippen molar-refractivity contribution < 1.29 is 14.4 Å². The number of amides is 4. The molecule has 1 aliphatic rings. The number of hydrogen-bond acceptors (Lipinski definition) is 3. The molecule has 7 heteroatoms. The fourth-order valence-electron chi connectivity index (χ4n) is 3.73. The first kappa shape index (κ1) is 21.1. The van der Waals surface area contributed by atoms with Crippen LogP contribution in [0.15, 0.2) is 72.8 Å². The molecule has 7 nitrogen and oxygen atoms in total. The van der Waals surface area contributed by atoms with Crippen LogP contribution in [0.4, 0.5) is 21.9 Å². The van der Waals surface area contributed by atoms with E-state index in [0.29, 0.717) is 17.1 Å². The Kier molecular flexibility index (Phi) is 6.17. The van der Waals surface area contributed by atoms with Crippen molar-refractivity contribution in [3.05, 3.63) is 89.5 Å². The maximum atomic E-state index is 12.8. The number of carbonyl (C=O) groups excluding carboxylic acids is 3. The Balaban J connectivity index is 1.36. The van der Waals surface area contributed by atoms with Gasteiger partial charge in [-0.05, 0) is 53.9 Å². The molecule has 0 fully saturated rings. The lowest BCUT2D eigenvalue weighted by Gasteiger charge is -2.24. The van der Waals surface area contributed by atoms with E-state index in [1.165, 1.54) is 0 Å². The van der Waals surface area contributed by atoms with E-state index < -0.39 is 5.92 Å². The van der Waals surface area contributed by atoms with Crippen molar-refractivity contribution in [1.82, 2.24) is 5.32 Å². The summed E-state index contributed by atoms with van der Waals surface area (Å²) in [6.07, 6.45) is 0.115. The summed E-state index contributed by atoms with van der Waals surface area (Å²) in [5.74, 6) is -0.904. The van der Waals surface area contributed by atoms with Crippen molar-refractivity contribution in [3.63, 3.8) is 0 Å². The van der Waals surface area contributed by atoms with Gasteiger partial charge in [0.2, 0.25) is 11.8 Å². The molecule has 0 radical (unpaired) electrons. The molecule has 32 heavy (non-hydrogen) atoms. The lowest BCUT2D eigenvalue weighted by Crippen LogP contribution is -2.34. The van der Waals surface area contributed by atoms with E-state index in [-0.39, 0.29) is 30.8 Å². The van der Waals surface area contributed by atoms with Crippen LogP contribution < -0.4 is 21.3 Å². The number of carbonyl (C=O) groups is 3. The second kappa shape index (κ2) is 9.34. The van der Waals surface area contributed by atoms with Crippen LogP contribution in [0.1, 0.15) is 29.0 Å². The van der Waals surface area contributed by atoms with Gasteiger partial charge in [0.25, 0.3) is 0 Å². The van der Waals surface area contributed by atoms with Crippen LogP contribution in [0.3, 0.4) is 0 Å². The number of hydrogen-bond donors (Lipinski definition) is 4. The van der Waals surface area contributed by atoms with Gasteiger partial charge in [0.15, 0.2) is 0 Å². The van der Waals surface area contributed by atoms with E-state index in [0.717, 1.165) is 16.7 Å². The molecule has 4 N–H and O–H groups in total. The van der Waals surface area contributed by atoms with Gasteiger partial charge in [-0.3, -0.25) is 9.59 Å². The van der Waals surface area contributed by atoms with Crippen LogP contribution in [0, 0.1) is 6.92 Å². The number of urea groups is 1. The second-order valence-electron chi connectivity index (χ2n) is 7.76. The van der Waals surface area contributed by atoms with Crippen LogP contribution in [0.25, 0.3) is 0 Å². The summed E-state index contributed by atoms with van der Waals surface area (Å²) in [7, 11) is 0. The van der Waals surface area contributed by atoms with Crippen molar-refractivity contribution in [2.45, 2.75) is 25.8 Å². The van der Waals surface area contributed by atoms with E-state index >= 15 is 0 Å². The number of aryl methyl sites for hydroxylation is 1. The van der Waals surface area contributed by atoms with Crippen LogP contribution in [0.2, 0.25) is 0 Å². The highest BCUT2D eigenvalue weighted by molar-refractivity contribution is 6.01. The quantitative estimate of drug-likeness (QED) is 0.485. The average molecular weight is 428 g/mol. The molecule has 0 spiro atoms. The minimum Gasteiger partial charge on any atom is -0.351 e. The SMILES string of the molecule is Cc1cccc(NC(=O)Nc2cccc(CNC(=O)C3CC(=O)Nc4ccccc43)c2)c1. The molecule has 1 aliphatic heterocycles. The molecule has 0 aromatic heterocycles. The number of benzene rings is 3. The van der Waals surface area contributed by atoms with E-state index in [1.807, 2.05) is 61.5 Å². The molecule has 4 rings (SSSR count). The number of anilines is 3. The third-order valence-electron chi connectivity index (χ3n) is 5.24. The Hall–Kier alpha value is -4.13. The summed E-state index contributed by atoms with van der Waals surface area (Å²) < 4.78 is 0. The molecule has 4 amide bonds. The topological polar surface area (TPSA) is 99.3 Å². The molecule has 1 atom stereocenters. The highest BCUT2D eigenvalue weighted by atomic mass is 16.2. The zero-order chi connectivity index (χ0) is 22.5. The Morgan fingerprint density at radius 2 is 1.66 bits per heavy atom. The monoisotopic (exact) mass is 428 g/mol. The van der Waals surface area contributed by atoms with Gasteiger partial charge in [-0.2, -0.15) is 0 Å². The van der Waals surface area contributed by atoms with Gasteiger partial charge in [0.1, 0.15) is 0 Å². The molecule has 0 bridgehead atoms. The van der Waals surface area contributed by atoms with Gasteiger partial charge >= 0.3 is 6.03 Å². The summed E-state index contributed by atoms with van der Waals surface area (Å²) in [4.78, 5) is 37.1. The minimum atomic E-state index is -0.527. The maximum Gasteiger partial charge on any atom is 0.323 e. The smallest absolute Gasteiger partial charge is 0.323 e. The number of para-hydroxylation sites is 1. The first-order valence-corrected chi connectivity index (χ1v) is 10.4. The van der Waals surface area contributed by atoms with Crippen molar-refractivity contribution in [1.29, 1.82) is 0 Å². The van der Waals surface area contributed by atoms with Gasteiger partial charge in [-0.1, -0.05) is 42.5 Å². The lowest BCUT2D eigenvalue weighted by atomic mass is 9.90. The molecule has 3 aromatic carbocycles. The molecule has 1 unspecified atom stereocenters. The first-order valence-electron chi connectivity index (χ1n) is 10.4. The Morgan fingerprint density at radius 1 is 0.938 bits per heavy atom. The highest BCUT2D eigenvalue weighted by Gasteiger charge is 2.30. The molecule has 0 saturated carbocycles. The van der Waals surface area contributed by atoms with Gasteiger partial charge in [0.05, 0.1) is 5.92 Å². The van der Waals surface area contributed by atoms with Crippen LogP contribution in [0.5, 0.6) is 0 Å². The Morgan fingerprint density at radius 3 is 2.44 bits per heavy atom. The number of fused-ring (bicyclic) bond motifs is 1. The minimum absolute atomic E-state index is 0.115. The van der Waals surface area contributed by atoms with E-state index in [4.69, 9.17) is 0 Å². The van der Waals surface area contributed by atoms with Crippen molar-refractivity contribution in [2.75, 3.05) is 16.0 Å². The third-order valence-corrected chi connectivity index (χ3v) is 5.24. The summed E-state index contributed by atoms with van der Waals surface area (Å²) in [6, 6.07) is 21.8. The van der Waals surface area contributed by atoms with E-state index in [2.05, 4.69) is 21.3 Å². The maximum absolute atomic E-state index is 12.8. The van der Waals surface area contributed by atoms with Crippen LogP contribution in [-0.2, 0) is 16.1 Å². The van der Waals surface area contributed by atoms with Gasteiger partial charge < -0.3 is 21.3 Å². The standard InChI is InChI=1S/C25H24N4O3/c1-16-6-4-8-18(12-16)27-25(32)28-19-9-5-7-17(13-19)15-26-24(31)21-14-23(30)29-22-11-3-2-10-20(21)22/h2-13,21H,14-15H2,1H3,(H,26,31)(H,29,30)(H2,27,28,32). The zero-order valence-corrected chi connectivity index (χ0v) is 17.6. The van der Waals surface area contributed by atoms with E-state index in [1.54, 1.807) is 18.2 Å². The fraction of sp³-hybridized carbons (Fsp3) is 0.160.